The third-order valence-electron chi connectivity index (χ3n) is 8.92. The highest BCUT2D eigenvalue weighted by molar-refractivity contribution is 7.95. The van der Waals surface area contributed by atoms with Crippen LogP contribution in [0.5, 0.6) is 17.2 Å². The summed E-state index contributed by atoms with van der Waals surface area (Å²) in [6.45, 7) is 0. The number of nitrogens with zero attached hydrogens (tertiary/aromatic N) is 6. The Morgan fingerprint density at radius 1 is 0.569 bits per heavy atom. The Morgan fingerprint density at radius 2 is 1.23 bits per heavy atom. The van der Waals surface area contributed by atoms with Gasteiger partial charge >= 0.3 is 0 Å². The molecule has 0 fully saturated rings. The van der Waals surface area contributed by atoms with Gasteiger partial charge in [0.25, 0.3) is 20.2 Å². The summed E-state index contributed by atoms with van der Waals surface area (Å²) in [6.07, 6.45) is 0. The molecule has 7 N–H and O–H groups in total. The summed E-state index contributed by atoms with van der Waals surface area (Å²) in [4.78, 5) is -0.138. The van der Waals surface area contributed by atoms with Crippen molar-refractivity contribution < 1.29 is 70.1 Å². The lowest BCUT2D eigenvalue weighted by molar-refractivity contribution is -0.432. The van der Waals surface area contributed by atoms with Gasteiger partial charge in [0.15, 0.2) is 5.75 Å². The maximum absolute atomic E-state index is 12.1. The molecule has 334 valence electrons. The minimum atomic E-state index is -4.65. The number of hydrogen-bond acceptors (Lipinski definition) is 22. The third kappa shape index (κ3) is 11.2. The SMILES string of the molecule is COc1cc(N=Nc2c(SOOO)cc3ccc(Nc4cccc(S(=O)(=O)O)c4)cc3c2O)c(O)cc1N=Nc1ccc(N=Nc2cccc(SOOO)c2)c2ccc(S(=O)(=O)O)cc12. The van der Waals surface area contributed by atoms with Crippen LogP contribution in [-0.4, -0.2) is 53.8 Å². The van der Waals surface area contributed by atoms with Crippen LogP contribution in [0.25, 0.3) is 21.5 Å². The molecule has 0 aliphatic heterocycles. The lowest BCUT2D eigenvalue weighted by Crippen LogP contribution is -1.99. The van der Waals surface area contributed by atoms with Crippen molar-refractivity contribution in [1.82, 2.24) is 0 Å². The van der Waals surface area contributed by atoms with Crippen molar-refractivity contribution in [3.8, 4) is 17.2 Å². The van der Waals surface area contributed by atoms with Gasteiger partial charge in [-0.05, 0) is 84.2 Å². The average molecular weight is 964 g/mol. The van der Waals surface area contributed by atoms with Gasteiger partial charge in [0, 0.05) is 44.6 Å². The largest absolute Gasteiger partial charge is 0.506 e. The van der Waals surface area contributed by atoms with Crippen molar-refractivity contribution in [3.63, 3.8) is 0 Å². The first kappa shape index (κ1) is 46.3. The van der Waals surface area contributed by atoms with Gasteiger partial charge in [0.2, 0.25) is 0 Å². The molecule has 7 aromatic carbocycles. The minimum absolute atomic E-state index is 0.0134. The number of ether oxygens (including phenoxy) is 1. The summed E-state index contributed by atoms with van der Waals surface area (Å²) >= 11 is 1.20. The maximum Gasteiger partial charge on any atom is 0.294 e. The van der Waals surface area contributed by atoms with Crippen LogP contribution in [0.2, 0.25) is 0 Å². The van der Waals surface area contributed by atoms with Gasteiger partial charge in [-0.1, -0.05) is 34.3 Å². The third-order valence-corrected chi connectivity index (χ3v) is 11.8. The Labute approximate surface area is 375 Å². The number of fused-ring (bicyclic) bond motifs is 2. The van der Waals surface area contributed by atoms with E-state index in [0.29, 0.717) is 44.8 Å². The number of phenolic OH excluding ortho intramolecular Hbond substituents is 2. The number of nitrogens with one attached hydrogen (secondary N) is 1. The molecule has 65 heavy (non-hydrogen) atoms. The molecular weight excluding hydrogens is 935 g/mol. The van der Waals surface area contributed by atoms with Crippen LogP contribution in [0.15, 0.2) is 166 Å². The molecule has 0 amide bonds. The topological polar surface area (TPSA) is 322 Å². The first-order chi connectivity index (χ1) is 31.1. The highest BCUT2D eigenvalue weighted by atomic mass is 32.2. The Morgan fingerprint density at radius 3 is 1.97 bits per heavy atom. The highest BCUT2D eigenvalue weighted by Crippen LogP contribution is 2.47. The fraction of sp³-hybridized carbons (Fsp3) is 0.0256. The second-order valence-electron chi connectivity index (χ2n) is 13.0. The predicted molar refractivity (Wildman–Crippen MR) is 234 cm³/mol. The number of phenols is 2. The normalized spacial score (nSPS) is 12.3. The molecule has 0 saturated heterocycles. The van der Waals surface area contributed by atoms with Crippen molar-refractivity contribution in [3.05, 3.63) is 115 Å². The van der Waals surface area contributed by atoms with E-state index >= 15 is 0 Å². The monoisotopic (exact) mass is 963 g/mol. The summed E-state index contributed by atoms with van der Waals surface area (Å²) in [5, 5.41) is 76.8. The molecule has 0 aromatic heterocycles. The van der Waals surface area contributed by atoms with Gasteiger partial charge in [-0.25, -0.2) is 10.5 Å². The van der Waals surface area contributed by atoms with Crippen LogP contribution in [-0.2, 0) is 39.0 Å². The molecule has 0 radical (unpaired) electrons. The number of methoxy groups -OCH3 is 1. The molecule has 26 heteroatoms. The van der Waals surface area contributed by atoms with Crippen LogP contribution >= 0.6 is 24.1 Å². The zero-order valence-corrected chi connectivity index (χ0v) is 35.9. The van der Waals surface area contributed by atoms with E-state index in [0.717, 1.165) is 18.1 Å². The van der Waals surface area contributed by atoms with Crippen molar-refractivity contribution >= 4 is 111 Å². The van der Waals surface area contributed by atoms with Crippen LogP contribution in [0.4, 0.5) is 45.5 Å². The van der Waals surface area contributed by atoms with Crippen LogP contribution in [0, 0.1) is 0 Å². The summed E-state index contributed by atoms with van der Waals surface area (Å²) in [7, 11) is -7.82. The lowest BCUT2D eigenvalue weighted by atomic mass is 10.1. The molecular formula is C39H29N7O15S4. The summed E-state index contributed by atoms with van der Waals surface area (Å²) in [5.41, 5.74) is 1.14. The van der Waals surface area contributed by atoms with E-state index in [1.54, 1.807) is 48.5 Å². The molecule has 22 nitrogen and oxygen atoms in total. The first-order valence-corrected chi connectivity index (χ1v) is 22.3. The maximum atomic E-state index is 12.1. The standard InChI is InChI=1S/C39H29N7O15S4/c1-57-36-20-33(44-46-38-37(63-61-59-50)14-21-8-9-23(17-29(21)39(38)48)40-22-4-3-7-26(16-22)64(51,52)53)35(47)19-34(36)45-43-32-13-12-31(28-11-10-27(18-30(28)32)65(54,55)56)42-41-24-5-2-6-25(15-24)62-60-58-49/h2-20,40,47-50H,1H3,(H,51,52,53)(H,54,55,56). The minimum Gasteiger partial charge on any atom is -0.506 e. The van der Waals surface area contributed by atoms with Crippen LogP contribution in [0.1, 0.15) is 0 Å². The molecule has 0 unspecified atom stereocenters. The number of benzene rings is 7. The smallest absolute Gasteiger partial charge is 0.294 e. The quantitative estimate of drug-likeness (QED) is 0.0147. The van der Waals surface area contributed by atoms with Gasteiger partial charge in [-0.3, -0.25) is 9.11 Å². The molecule has 0 aliphatic carbocycles. The summed E-state index contributed by atoms with van der Waals surface area (Å²) in [6, 6.07) is 27.5. The van der Waals surface area contributed by atoms with Crippen molar-refractivity contribution in [2.24, 2.45) is 30.7 Å². The molecule has 0 saturated carbocycles. The fourth-order valence-electron chi connectivity index (χ4n) is 6.01. The molecule has 7 aromatic rings. The van der Waals surface area contributed by atoms with E-state index < -0.39 is 36.6 Å². The summed E-state index contributed by atoms with van der Waals surface area (Å²) < 4.78 is 81.4. The zero-order chi connectivity index (χ0) is 46.3. The number of azo groups is 3. The molecule has 0 spiro atoms. The van der Waals surface area contributed by atoms with Crippen LogP contribution < -0.4 is 10.1 Å². The molecule has 0 bridgehead atoms. The molecule has 0 atom stereocenters. The molecule has 0 heterocycles. The van der Waals surface area contributed by atoms with E-state index in [1.807, 2.05) is 0 Å². The van der Waals surface area contributed by atoms with Crippen molar-refractivity contribution in [2.45, 2.75) is 19.6 Å². The van der Waals surface area contributed by atoms with E-state index in [9.17, 15) is 36.2 Å². The fourth-order valence-corrected chi connectivity index (χ4v) is 7.95. The van der Waals surface area contributed by atoms with Gasteiger partial charge in [-0.15, -0.1) is 34.2 Å². The second-order valence-corrected chi connectivity index (χ2v) is 17.3. The zero-order valence-electron chi connectivity index (χ0n) is 32.6. The first-order valence-electron chi connectivity index (χ1n) is 17.9. The predicted octanol–water partition coefficient (Wildman–Crippen LogP) is 11.8. The Bertz CT molecular complexity index is 3270. The van der Waals surface area contributed by atoms with Gasteiger partial charge in [-0.2, -0.15) is 21.9 Å². The Kier molecular flexibility index (Phi) is 14.3. The van der Waals surface area contributed by atoms with Crippen molar-refractivity contribution in [2.75, 3.05) is 12.4 Å². The Hall–Kier alpha value is -6.66. The van der Waals surface area contributed by atoms with E-state index in [-0.39, 0.29) is 54.7 Å². The summed E-state index contributed by atoms with van der Waals surface area (Å²) in [5.74, 6) is -0.861. The van der Waals surface area contributed by atoms with E-state index in [2.05, 4.69) is 54.7 Å². The van der Waals surface area contributed by atoms with Gasteiger partial charge in [0.05, 0.1) is 62.9 Å². The number of hydrogen-bond donors (Lipinski definition) is 7. The van der Waals surface area contributed by atoms with Gasteiger partial charge in [0.1, 0.15) is 28.6 Å². The second kappa shape index (κ2) is 20.0. The average Bonchev–Trinajstić information content (AvgIpc) is 3.28. The number of anilines is 2. The van der Waals surface area contributed by atoms with E-state index in [1.165, 1.54) is 67.8 Å². The number of rotatable bonds is 17. The van der Waals surface area contributed by atoms with Crippen molar-refractivity contribution in [1.29, 1.82) is 0 Å². The number of aromatic hydroxyl groups is 2. The Balaban J connectivity index is 1.21. The molecule has 0 aliphatic rings. The molecule has 7 rings (SSSR count). The van der Waals surface area contributed by atoms with E-state index in [4.69, 9.17) is 15.3 Å². The highest BCUT2D eigenvalue weighted by Gasteiger charge is 2.19. The van der Waals surface area contributed by atoms with Crippen LogP contribution in [0.3, 0.4) is 0 Å². The van der Waals surface area contributed by atoms with Gasteiger partial charge < -0.3 is 20.3 Å². The lowest BCUT2D eigenvalue weighted by Gasteiger charge is -2.12.